The lowest BCUT2D eigenvalue weighted by atomic mass is 9.75. The van der Waals surface area contributed by atoms with E-state index < -0.39 is 0 Å². The van der Waals surface area contributed by atoms with Gasteiger partial charge in [-0.2, -0.15) is 0 Å². The molecule has 1 amide bonds. The molecule has 0 bridgehead atoms. The van der Waals surface area contributed by atoms with E-state index in [2.05, 4.69) is 15.3 Å². The summed E-state index contributed by atoms with van der Waals surface area (Å²) in [6.07, 6.45) is 3.36. The Kier molecular flexibility index (Phi) is 4.96. The zero-order valence-electron chi connectivity index (χ0n) is 15.7. The number of hydrogen-bond acceptors (Lipinski definition) is 4. The van der Waals surface area contributed by atoms with Crippen molar-refractivity contribution >= 4 is 16.8 Å². The second kappa shape index (κ2) is 7.56. The van der Waals surface area contributed by atoms with Gasteiger partial charge in [0.25, 0.3) is 5.91 Å². The molecule has 1 saturated carbocycles. The summed E-state index contributed by atoms with van der Waals surface area (Å²) in [4.78, 5) is 32.0. The van der Waals surface area contributed by atoms with Crippen molar-refractivity contribution in [2.24, 2.45) is 5.92 Å². The zero-order chi connectivity index (χ0) is 19.7. The largest absolute Gasteiger partial charge is 0.393 e. The van der Waals surface area contributed by atoms with Crippen molar-refractivity contribution in [2.45, 2.75) is 38.3 Å². The first-order valence-corrected chi connectivity index (χ1v) is 9.60. The molecule has 1 aliphatic carbocycles. The average Bonchev–Trinajstić information content (AvgIpc) is 2.69. The van der Waals surface area contributed by atoms with Crippen molar-refractivity contribution in [3.63, 3.8) is 0 Å². The van der Waals surface area contributed by atoms with Crippen molar-refractivity contribution in [2.75, 3.05) is 0 Å². The van der Waals surface area contributed by atoms with Gasteiger partial charge in [-0.15, -0.1) is 0 Å². The van der Waals surface area contributed by atoms with E-state index in [0.717, 1.165) is 22.2 Å². The van der Waals surface area contributed by atoms with Crippen LogP contribution in [0, 0.1) is 5.92 Å². The molecule has 0 saturated heterocycles. The maximum atomic E-state index is 12.9. The molecule has 6 nitrogen and oxygen atoms in total. The zero-order valence-corrected chi connectivity index (χ0v) is 15.7. The highest BCUT2D eigenvalue weighted by atomic mass is 16.3. The molecule has 1 atom stereocenters. The number of aryl methyl sites for hydroxylation is 1. The summed E-state index contributed by atoms with van der Waals surface area (Å²) in [5, 5.41) is 13.8. The Hall–Kier alpha value is -2.99. The standard InChI is InChI=1S/C22H23N3O3/c1-2-17-8-15(11-20(27)24-17)22(28)25-21(14-9-18(26)10-14)16-7-13-5-3-4-6-19(13)23-12-16/h3-8,11-12,14,18,21,26H,2,9-10H2,1H3,(H,24,27)(H,25,28)/t14?,18?,21-/m0/s1. The molecule has 1 fully saturated rings. The van der Waals surface area contributed by atoms with Gasteiger partial charge in [0.05, 0.1) is 17.7 Å². The Balaban J connectivity index is 1.65. The molecule has 1 aliphatic rings. The van der Waals surface area contributed by atoms with Crippen LogP contribution >= 0.6 is 0 Å². The molecular weight excluding hydrogens is 354 g/mol. The molecule has 28 heavy (non-hydrogen) atoms. The number of amides is 1. The molecule has 2 heterocycles. The number of hydrogen-bond donors (Lipinski definition) is 3. The molecule has 4 rings (SSSR count). The van der Waals surface area contributed by atoms with Gasteiger partial charge >= 0.3 is 0 Å². The van der Waals surface area contributed by atoms with E-state index in [0.29, 0.717) is 24.8 Å². The van der Waals surface area contributed by atoms with Crippen molar-refractivity contribution in [3.8, 4) is 0 Å². The van der Waals surface area contributed by atoms with Gasteiger partial charge in [-0.1, -0.05) is 25.1 Å². The van der Waals surface area contributed by atoms with Gasteiger partial charge in [0.15, 0.2) is 0 Å². The summed E-state index contributed by atoms with van der Waals surface area (Å²) < 4.78 is 0. The first kappa shape index (κ1) is 18.4. The molecule has 6 heteroatoms. The van der Waals surface area contributed by atoms with Crippen LogP contribution in [0.2, 0.25) is 0 Å². The van der Waals surface area contributed by atoms with Crippen LogP contribution in [0.3, 0.4) is 0 Å². The highest BCUT2D eigenvalue weighted by Crippen LogP contribution is 2.38. The Labute approximate surface area is 162 Å². The van der Waals surface area contributed by atoms with Gasteiger partial charge in [-0.3, -0.25) is 14.6 Å². The van der Waals surface area contributed by atoms with Crippen molar-refractivity contribution in [1.82, 2.24) is 15.3 Å². The van der Waals surface area contributed by atoms with Crippen LogP contribution < -0.4 is 10.9 Å². The van der Waals surface area contributed by atoms with Gasteiger partial charge in [0.1, 0.15) is 0 Å². The van der Waals surface area contributed by atoms with Crippen LogP contribution in [0.1, 0.15) is 47.4 Å². The molecule has 3 N–H and O–H groups in total. The predicted octanol–water partition coefficient (Wildman–Crippen LogP) is 2.73. The number of benzene rings is 1. The minimum Gasteiger partial charge on any atom is -0.393 e. The minimum absolute atomic E-state index is 0.134. The van der Waals surface area contributed by atoms with E-state index in [1.807, 2.05) is 37.3 Å². The van der Waals surface area contributed by atoms with Crippen LogP contribution in [0.5, 0.6) is 0 Å². The van der Waals surface area contributed by atoms with E-state index in [4.69, 9.17) is 0 Å². The molecule has 144 valence electrons. The highest BCUT2D eigenvalue weighted by molar-refractivity contribution is 5.94. The summed E-state index contributed by atoms with van der Waals surface area (Å²) in [5.74, 6) is -0.157. The van der Waals surface area contributed by atoms with Crippen molar-refractivity contribution in [1.29, 1.82) is 0 Å². The quantitative estimate of drug-likeness (QED) is 0.637. The Morgan fingerprint density at radius 1 is 1.29 bits per heavy atom. The third-order valence-corrected chi connectivity index (χ3v) is 5.42. The first-order valence-electron chi connectivity index (χ1n) is 9.60. The number of aromatic amines is 1. The van der Waals surface area contributed by atoms with Gasteiger partial charge in [0, 0.05) is 28.9 Å². The smallest absolute Gasteiger partial charge is 0.252 e. The lowest BCUT2D eigenvalue weighted by molar-refractivity contribution is 0.0235. The maximum Gasteiger partial charge on any atom is 0.252 e. The Morgan fingerprint density at radius 2 is 2.07 bits per heavy atom. The molecule has 0 aliphatic heterocycles. The van der Waals surface area contributed by atoms with Gasteiger partial charge in [-0.25, -0.2) is 0 Å². The number of nitrogens with one attached hydrogen (secondary N) is 2. The number of rotatable bonds is 5. The van der Waals surface area contributed by atoms with E-state index in [9.17, 15) is 14.7 Å². The van der Waals surface area contributed by atoms with Gasteiger partial charge in [0.2, 0.25) is 5.56 Å². The summed E-state index contributed by atoms with van der Waals surface area (Å²) in [7, 11) is 0. The molecule has 2 aromatic heterocycles. The Bertz CT molecular complexity index is 1070. The number of aliphatic hydroxyl groups excluding tert-OH is 1. The van der Waals surface area contributed by atoms with Crippen LogP contribution in [0.4, 0.5) is 0 Å². The monoisotopic (exact) mass is 377 g/mol. The van der Waals surface area contributed by atoms with E-state index in [-0.39, 0.29) is 29.5 Å². The van der Waals surface area contributed by atoms with Gasteiger partial charge in [-0.05, 0) is 48.9 Å². The number of carbonyl (C=O) groups is 1. The fourth-order valence-electron chi connectivity index (χ4n) is 3.78. The number of aromatic nitrogens is 2. The van der Waals surface area contributed by atoms with Crippen molar-refractivity contribution in [3.05, 3.63) is 75.8 Å². The third kappa shape index (κ3) is 3.68. The number of pyridine rings is 2. The van der Waals surface area contributed by atoms with Crippen molar-refractivity contribution < 1.29 is 9.90 Å². The second-order valence-corrected chi connectivity index (χ2v) is 7.41. The maximum absolute atomic E-state index is 12.9. The molecular formula is C22H23N3O3. The number of carbonyl (C=O) groups excluding carboxylic acids is 1. The molecule has 1 aromatic carbocycles. The fraction of sp³-hybridized carbons (Fsp3) is 0.318. The number of aliphatic hydroxyl groups is 1. The normalized spacial score (nSPS) is 19.8. The Morgan fingerprint density at radius 3 is 2.82 bits per heavy atom. The fourth-order valence-corrected chi connectivity index (χ4v) is 3.78. The second-order valence-electron chi connectivity index (χ2n) is 7.41. The van der Waals surface area contributed by atoms with Crippen LogP contribution in [0.15, 0.2) is 53.5 Å². The highest BCUT2D eigenvalue weighted by Gasteiger charge is 2.36. The van der Waals surface area contributed by atoms with E-state index in [1.165, 1.54) is 6.07 Å². The molecule has 0 spiro atoms. The van der Waals surface area contributed by atoms with Gasteiger partial charge < -0.3 is 15.4 Å². The van der Waals surface area contributed by atoms with Crippen LogP contribution in [-0.2, 0) is 6.42 Å². The van der Waals surface area contributed by atoms with E-state index in [1.54, 1.807) is 12.3 Å². The summed E-state index contributed by atoms with van der Waals surface area (Å²) in [6.45, 7) is 1.92. The minimum atomic E-state index is -0.330. The van der Waals surface area contributed by atoms with Crippen LogP contribution in [-0.4, -0.2) is 27.1 Å². The SMILES string of the molecule is CCc1cc(C(=O)N[C@H](c2cnc3ccccc3c2)C2CC(O)C2)cc(=O)[nH]1. The number of para-hydroxylation sites is 1. The summed E-state index contributed by atoms with van der Waals surface area (Å²) in [6, 6.07) is 12.6. The molecule has 0 unspecified atom stereocenters. The number of nitrogens with zero attached hydrogens (tertiary/aromatic N) is 1. The first-order chi connectivity index (χ1) is 13.5. The lowest BCUT2D eigenvalue weighted by Crippen LogP contribution is -2.41. The molecule has 3 aromatic rings. The van der Waals surface area contributed by atoms with E-state index >= 15 is 0 Å². The number of H-pyrrole nitrogens is 1. The average molecular weight is 377 g/mol. The predicted molar refractivity (Wildman–Crippen MR) is 107 cm³/mol. The van der Waals surface area contributed by atoms with Crippen LogP contribution in [0.25, 0.3) is 10.9 Å². The molecule has 0 radical (unpaired) electrons. The number of fused-ring (bicyclic) bond motifs is 1. The third-order valence-electron chi connectivity index (χ3n) is 5.42. The lowest BCUT2D eigenvalue weighted by Gasteiger charge is -2.38. The topological polar surface area (TPSA) is 95.1 Å². The summed E-state index contributed by atoms with van der Waals surface area (Å²) in [5.41, 5.74) is 2.59. The summed E-state index contributed by atoms with van der Waals surface area (Å²) >= 11 is 0.